The van der Waals surface area contributed by atoms with E-state index in [1.165, 1.54) is 23.4 Å². The van der Waals surface area contributed by atoms with Crippen molar-refractivity contribution in [2.24, 2.45) is 0 Å². The van der Waals surface area contributed by atoms with E-state index in [4.69, 9.17) is 20.6 Å². The molecule has 0 unspecified atom stereocenters. The Bertz CT molecular complexity index is 1390. The third-order valence-corrected chi connectivity index (χ3v) is 6.70. The predicted molar refractivity (Wildman–Crippen MR) is 148 cm³/mol. The van der Waals surface area contributed by atoms with Gasteiger partial charge in [-0.25, -0.2) is 24.3 Å². The molecule has 2 heterocycles. The zero-order valence-electron chi connectivity index (χ0n) is 22.0. The fourth-order valence-corrected chi connectivity index (χ4v) is 4.27. The Morgan fingerprint density at radius 3 is 2.29 bits per heavy atom. The van der Waals surface area contributed by atoms with E-state index in [9.17, 15) is 18.9 Å². The number of phosphoric ester groups is 1. The Balaban J connectivity index is 0.000000714. The van der Waals surface area contributed by atoms with Crippen molar-refractivity contribution >= 4 is 42.9 Å². The number of carbonyl (C=O) groups is 3. The van der Waals surface area contributed by atoms with Gasteiger partial charge in [0.2, 0.25) is 11.5 Å². The van der Waals surface area contributed by atoms with Gasteiger partial charge in [0, 0.05) is 57.9 Å². The van der Waals surface area contributed by atoms with Crippen molar-refractivity contribution in [1.29, 1.82) is 0 Å². The van der Waals surface area contributed by atoms with Crippen LogP contribution < -0.4 is 5.73 Å². The molecule has 0 fully saturated rings. The summed E-state index contributed by atoms with van der Waals surface area (Å²) in [5.74, 6) is -0.271. The van der Waals surface area contributed by atoms with E-state index in [2.05, 4.69) is 19.5 Å². The largest absolute Gasteiger partial charge is 0.477 e. The minimum atomic E-state index is -4.67. The second-order valence-corrected chi connectivity index (χ2v) is 10.2. The van der Waals surface area contributed by atoms with Crippen molar-refractivity contribution in [3.63, 3.8) is 0 Å². The average molecular weight is 642 g/mol. The quantitative estimate of drug-likeness (QED) is 0.175. The maximum atomic E-state index is 12.7. The van der Waals surface area contributed by atoms with Crippen molar-refractivity contribution in [2.45, 2.75) is 26.8 Å². The molecule has 1 amide bonds. The predicted octanol–water partition coefficient (Wildman–Crippen LogP) is 3.41. The molecule has 3 rings (SSSR count). The van der Waals surface area contributed by atoms with E-state index < -0.39 is 13.8 Å². The maximum absolute atomic E-state index is 12.7. The van der Waals surface area contributed by atoms with Gasteiger partial charge in [-0.15, -0.1) is 0 Å². The molecule has 0 aliphatic rings. The summed E-state index contributed by atoms with van der Waals surface area (Å²) in [4.78, 5) is 65.9. The van der Waals surface area contributed by atoms with Crippen molar-refractivity contribution in [3.05, 3.63) is 94.2 Å². The second-order valence-electron chi connectivity index (χ2n) is 7.92. The van der Waals surface area contributed by atoms with E-state index in [0.717, 1.165) is 11.8 Å². The molecule has 0 aliphatic carbocycles. The number of aryl methyl sites for hydroxylation is 1. The summed E-state index contributed by atoms with van der Waals surface area (Å²) < 4.78 is 15.5. The first kappa shape index (κ1) is 35.6. The Labute approximate surface area is 251 Å². The van der Waals surface area contributed by atoms with Gasteiger partial charge in [0.05, 0.1) is 13.2 Å². The zero-order chi connectivity index (χ0) is 29.7. The molecule has 0 atom stereocenters. The number of allylic oxidation sites excluding steroid dienone is 1. The Morgan fingerprint density at radius 1 is 1.12 bits per heavy atom. The molecule has 41 heavy (non-hydrogen) atoms. The molecule has 1 aromatic carbocycles. The molecular weight excluding hydrogens is 613 g/mol. The first-order valence-electron chi connectivity index (χ1n) is 11.5. The van der Waals surface area contributed by atoms with Crippen LogP contribution in [0.1, 0.15) is 45.6 Å². The van der Waals surface area contributed by atoms with E-state index >= 15 is 0 Å². The van der Waals surface area contributed by atoms with Crippen LogP contribution in [0.3, 0.4) is 0 Å². The van der Waals surface area contributed by atoms with Gasteiger partial charge >= 0.3 is 13.8 Å². The van der Waals surface area contributed by atoms with Crippen LogP contribution >= 0.6 is 19.6 Å². The van der Waals surface area contributed by atoms with Gasteiger partial charge in [-0.2, -0.15) is 0 Å². The van der Waals surface area contributed by atoms with Crippen LogP contribution in [0.5, 0.6) is 0 Å². The number of thioether (sulfide) groups is 1. The molecule has 16 heteroatoms. The van der Waals surface area contributed by atoms with Crippen molar-refractivity contribution in [1.82, 2.24) is 19.9 Å². The number of phosphoric acid groups is 1. The second kappa shape index (κ2) is 17.4. The number of nitrogen functional groups attached to an aromatic ring is 1. The summed E-state index contributed by atoms with van der Waals surface area (Å²) in [7, 11) is -4.67. The number of carboxylic acid groups (broad SMARTS) is 1. The summed E-state index contributed by atoms with van der Waals surface area (Å²) in [6, 6.07) is 13.3. The van der Waals surface area contributed by atoms with Crippen LogP contribution in [0.15, 0.2) is 71.5 Å². The Hall–Kier alpha value is -3.41. The number of hydrogen-bond acceptors (Lipinski definition) is 10. The number of nitrogens with two attached hydrogens (primary N) is 1. The van der Waals surface area contributed by atoms with Gasteiger partial charge in [-0.1, -0.05) is 36.4 Å². The fourth-order valence-electron chi connectivity index (χ4n) is 3.01. The monoisotopic (exact) mass is 641 g/mol. The molecule has 0 bridgehead atoms. The number of pyridine rings is 1. The smallest absolute Gasteiger partial charge is 0.469 e. The summed E-state index contributed by atoms with van der Waals surface area (Å²) in [6.07, 6.45) is 3.54. The number of carbonyl (C=O) groups excluding carboxylic acids is 2. The number of anilines is 1. The SMILES string of the molecule is C/C(=C(/CCOP(=O)(O)O)SC(=O)c1ccccc1)N(C=O)Cc1cnc(C)nc1N.O=C(O)c1ccccn1.[Cr]. The van der Waals surface area contributed by atoms with Crippen LogP contribution in [0.2, 0.25) is 0 Å². The van der Waals surface area contributed by atoms with E-state index in [1.54, 1.807) is 56.3 Å². The molecule has 5 N–H and O–H groups in total. The van der Waals surface area contributed by atoms with Gasteiger partial charge in [0.25, 0.3) is 0 Å². The minimum absolute atomic E-state index is 0. The number of hydrogen-bond donors (Lipinski definition) is 4. The number of benzene rings is 1. The molecule has 0 radical (unpaired) electrons. The van der Waals surface area contributed by atoms with Crippen LogP contribution in [0, 0.1) is 6.92 Å². The summed E-state index contributed by atoms with van der Waals surface area (Å²) in [6.45, 7) is 3.03. The van der Waals surface area contributed by atoms with Gasteiger partial charge in [0.15, 0.2) is 0 Å². The molecule has 2 aromatic heterocycles. The molecule has 0 spiro atoms. The fraction of sp³-hybridized carbons (Fsp3) is 0.200. The number of amides is 1. The standard InChI is InChI=1S/C19H23N4O6PS.C6H5NO2.Cr/c1-13(23(12-24)11-16-10-21-14(2)22-18(16)20)17(8-9-29-30(26,27)28)31-19(25)15-6-4-3-5-7-15;8-6(9)5-3-1-2-4-7-5;/h3-7,10,12H,8-9,11H2,1-2H3,(H2,20,21,22)(H2,26,27,28);1-4H,(H,8,9);/b17-13+;;. The van der Waals surface area contributed by atoms with Crippen molar-refractivity contribution in [2.75, 3.05) is 12.3 Å². The Kier molecular flexibility index (Phi) is 15.1. The molecule has 0 saturated carbocycles. The maximum Gasteiger partial charge on any atom is 0.469 e. The van der Waals surface area contributed by atoms with Gasteiger partial charge in [0.1, 0.15) is 17.3 Å². The van der Waals surface area contributed by atoms with Gasteiger partial charge in [-0.05, 0) is 37.7 Å². The average Bonchev–Trinajstić information content (AvgIpc) is 2.92. The topological polar surface area (TPSA) is 206 Å². The minimum Gasteiger partial charge on any atom is -0.477 e. The van der Waals surface area contributed by atoms with Crippen molar-refractivity contribution in [3.8, 4) is 0 Å². The summed E-state index contributed by atoms with van der Waals surface area (Å²) >= 11 is 0.862. The molecular formula is C25H28CrN5O8PS. The molecule has 218 valence electrons. The summed E-state index contributed by atoms with van der Waals surface area (Å²) in [5, 5.41) is 8.04. The van der Waals surface area contributed by atoms with E-state index in [1.807, 2.05) is 0 Å². The third kappa shape index (κ3) is 12.8. The first-order chi connectivity index (χ1) is 18.9. The van der Waals surface area contributed by atoms with Crippen LogP contribution in [-0.4, -0.2) is 58.8 Å². The molecule has 3 aromatic rings. The van der Waals surface area contributed by atoms with Crippen LogP contribution in [0.4, 0.5) is 5.82 Å². The number of nitrogens with zero attached hydrogens (tertiary/aromatic N) is 4. The zero-order valence-corrected chi connectivity index (χ0v) is 25.0. The van der Waals surface area contributed by atoms with Crippen molar-refractivity contribution < 1.29 is 55.7 Å². The number of aromatic nitrogens is 3. The third-order valence-electron chi connectivity index (χ3n) is 5.02. The van der Waals surface area contributed by atoms with E-state index in [-0.39, 0.29) is 53.6 Å². The van der Waals surface area contributed by atoms with Crippen LogP contribution in [0.25, 0.3) is 0 Å². The molecule has 13 nitrogen and oxygen atoms in total. The van der Waals surface area contributed by atoms with Gasteiger partial charge in [-0.3, -0.25) is 14.1 Å². The van der Waals surface area contributed by atoms with Gasteiger partial charge < -0.3 is 25.5 Å². The first-order valence-corrected chi connectivity index (χ1v) is 13.9. The normalized spacial score (nSPS) is 11.2. The van der Waals surface area contributed by atoms with Crippen LogP contribution in [-0.2, 0) is 37.8 Å². The van der Waals surface area contributed by atoms with E-state index in [0.29, 0.717) is 34.0 Å². The number of rotatable bonds is 11. The molecule has 0 saturated heterocycles. The Morgan fingerprint density at radius 2 is 1.78 bits per heavy atom. The summed E-state index contributed by atoms with van der Waals surface area (Å²) in [5.41, 5.74) is 7.37. The number of carboxylic acids is 1. The molecule has 0 aliphatic heterocycles. The number of aromatic carboxylic acids is 1.